The molecule has 1 aromatic heterocycles. The predicted octanol–water partition coefficient (Wildman–Crippen LogP) is 3.89. The number of carbonyl (C=O) groups is 1. The van der Waals surface area contributed by atoms with Gasteiger partial charge in [-0.15, -0.1) is 0 Å². The molecule has 0 radical (unpaired) electrons. The summed E-state index contributed by atoms with van der Waals surface area (Å²) in [5.74, 6) is -0.0607. The molecule has 5 nitrogen and oxygen atoms in total. The highest BCUT2D eigenvalue weighted by atomic mass is 16.2. The van der Waals surface area contributed by atoms with Crippen LogP contribution in [0, 0.1) is 0 Å². The molecule has 0 spiro atoms. The lowest BCUT2D eigenvalue weighted by Crippen LogP contribution is -2.24. The van der Waals surface area contributed by atoms with E-state index in [1.165, 1.54) is 5.56 Å². The molecule has 1 aliphatic rings. The van der Waals surface area contributed by atoms with E-state index in [1.807, 2.05) is 18.2 Å². The SMILES string of the molecule is CCc1ccc(C2=NN(C(C)=O)[C@H](c3ccc4nccnc4c3)C2)cc1. The minimum absolute atomic E-state index is 0.0607. The molecule has 26 heavy (non-hydrogen) atoms. The first kappa shape index (κ1) is 16.4. The number of aryl methyl sites for hydroxylation is 1. The molecule has 1 aliphatic heterocycles. The maximum absolute atomic E-state index is 12.2. The van der Waals surface area contributed by atoms with E-state index in [0.717, 1.165) is 34.3 Å². The fourth-order valence-electron chi connectivity index (χ4n) is 3.36. The van der Waals surface area contributed by atoms with Gasteiger partial charge in [-0.3, -0.25) is 14.8 Å². The van der Waals surface area contributed by atoms with E-state index in [9.17, 15) is 4.79 Å². The van der Waals surface area contributed by atoms with Gasteiger partial charge in [0, 0.05) is 25.7 Å². The monoisotopic (exact) mass is 344 g/mol. The molecule has 0 saturated heterocycles. The zero-order valence-electron chi connectivity index (χ0n) is 14.9. The number of fused-ring (bicyclic) bond motifs is 1. The third-order valence-electron chi connectivity index (χ3n) is 4.81. The number of carbonyl (C=O) groups excluding carboxylic acids is 1. The molecule has 0 aliphatic carbocycles. The third-order valence-corrected chi connectivity index (χ3v) is 4.81. The first-order chi connectivity index (χ1) is 12.7. The second-order valence-corrected chi connectivity index (χ2v) is 6.49. The molecule has 0 N–H and O–H groups in total. The van der Waals surface area contributed by atoms with E-state index in [0.29, 0.717) is 6.42 Å². The molecule has 1 amide bonds. The van der Waals surface area contributed by atoms with Gasteiger partial charge in [-0.25, -0.2) is 5.01 Å². The third kappa shape index (κ3) is 2.96. The number of amides is 1. The first-order valence-corrected chi connectivity index (χ1v) is 8.83. The summed E-state index contributed by atoms with van der Waals surface area (Å²) in [6, 6.07) is 14.3. The van der Waals surface area contributed by atoms with Crippen LogP contribution in [0.25, 0.3) is 11.0 Å². The smallest absolute Gasteiger partial charge is 0.240 e. The Morgan fingerprint density at radius 1 is 1.08 bits per heavy atom. The molecule has 0 unspecified atom stereocenters. The molecule has 1 atom stereocenters. The second kappa shape index (κ2) is 6.67. The van der Waals surface area contributed by atoms with Crippen LogP contribution >= 0.6 is 0 Å². The molecule has 3 aromatic rings. The van der Waals surface area contributed by atoms with Crippen molar-refractivity contribution in [2.24, 2.45) is 5.10 Å². The van der Waals surface area contributed by atoms with Crippen LogP contribution in [0.4, 0.5) is 0 Å². The summed E-state index contributed by atoms with van der Waals surface area (Å²) in [4.78, 5) is 20.8. The van der Waals surface area contributed by atoms with Crippen molar-refractivity contribution in [3.05, 3.63) is 71.5 Å². The predicted molar refractivity (Wildman–Crippen MR) is 102 cm³/mol. The molecule has 0 saturated carbocycles. The summed E-state index contributed by atoms with van der Waals surface area (Å²) in [5.41, 5.74) is 6.00. The van der Waals surface area contributed by atoms with Gasteiger partial charge in [-0.2, -0.15) is 5.10 Å². The summed E-state index contributed by atoms with van der Waals surface area (Å²) in [6.07, 6.45) is 5.06. The highest BCUT2D eigenvalue weighted by Gasteiger charge is 2.31. The Balaban J connectivity index is 1.68. The molecule has 2 heterocycles. The second-order valence-electron chi connectivity index (χ2n) is 6.49. The summed E-state index contributed by atoms with van der Waals surface area (Å²) < 4.78 is 0. The Morgan fingerprint density at radius 3 is 2.50 bits per heavy atom. The van der Waals surface area contributed by atoms with E-state index >= 15 is 0 Å². The molecule has 5 heteroatoms. The van der Waals surface area contributed by atoms with Gasteiger partial charge < -0.3 is 0 Å². The van der Waals surface area contributed by atoms with Crippen LogP contribution in [0.15, 0.2) is 60.0 Å². The largest absolute Gasteiger partial charge is 0.273 e. The van der Waals surface area contributed by atoms with Gasteiger partial charge in [-0.1, -0.05) is 37.3 Å². The van der Waals surface area contributed by atoms with Gasteiger partial charge in [0.1, 0.15) is 0 Å². The lowest BCUT2D eigenvalue weighted by atomic mass is 9.97. The molecule has 4 rings (SSSR count). The summed E-state index contributed by atoms with van der Waals surface area (Å²) in [7, 11) is 0. The molecule has 130 valence electrons. The zero-order valence-corrected chi connectivity index (χ0v) is 14.9. The van der Waals surface area contributed by atoms with Crippen LogP contribution in [0.2, 0.25) is 0 Å². The summed E-state index contributed by atoms with van der Waals surface area (Å²) in [6.45, 7) is 3.69. The minimum Gasteiger partial charge on any atom is -0.273 e. The van der Waals surface area contributed by atoms with E-state index in [2.05, 4.69) is 46.3 Å². The van der Waals surface area contributed by atoms with Gasteiger partial charge in [0.2, 0.25) is 5.91 Å². The van der Waals surface area contributed by atoms with Crippen molar-refractivity contribution in [2.75, 3.05) is 0 Å². The fourth-order valence-corrected chi connectivity index (χ4v) is 3.36. The Hall–Kier alpha value is -3.08. The van der Waals surface area contributed by atoms with E-state index < -0.39 is 0 Å². The van der Waals surface area contributed by atoms with E-state index in [4.69, 9.17) is 0 Å². The van der Waals surface area contributed by atoms with Crippen molar-refractivity contribution >= 4 is 22.7 Å². The lowest BCUT2D eigenvalue weighted by molar-refractivity contribution is -0.130. The van der Waals surface area contributed by atoms with Crippen molar-refractivity contribution in [3.8, 4) is 0 Å². The van der Waals surface area contributed by atoms with E-state index in [1.54, 1.807) is 24.3 Å². The molecule has 0 bridgehead atoms. The Labute approximate surface area is 152 Å². The number of nitrogens with zero attached hydrogens (tertiary/aromatic N) is 4. The quantitative estimate of drug-likeness (QED) is 0.724. The summed E-state index contributed by atoms with van der Waals surface area (Å²) >= 11 is 0. The number of benzene rings is 2. The normalized spacial score (nSPS) is 16.8. The van der Waals surface area contributed by atoms with Gasteiger partial charge in [-0.05, 0) is 35.2 Å². The van der Waals surface area contributed by atoms with Crippen molar-refractivity contribution in [1.29, 1.82) is 0 Å². The van der Waals surface area contributed by atoms with Gasteiger partial charge in [0.05, 0.1) is 22.8 Å². The average Bonchev–Trinajstić information content (AvgIpc) is 3.13. The number of hydrazone groups is 1. The van der Waals surface area contributed by atoms with Crippen LogP contribution in [0.5, 0.6) is 0 Å². The topological polar surface area (TPSA) is 58.5 Å². The minimum atomic E-state index is -0.111. The van der Waals surface area contributed by atoms with E-state index in [-0.39, 0.29) is 11.9 Å². The average molecular weight is 344 g/mol. The highest BCUT2D eigenvalue weighted by molar-refractivity contribution is 6.03. The molecular formula is C21H20N4O. The van der Waals surface area contributed by atoms with Crippen LogP contribution < -0.4 is 0 Å². The number of hydrogen-bond acceptors (Lipinski definition) is 4. The maximum Gasteiger partial charge on any atom is 0.240 e. The van der Waals surface area contributed by atoms with Crippen molar-refractivity contribution in [2.45, 2.75) is 32.7 Å². The van der Waals surface area contributed by atoms with Crippen molar-refractivity contribution in [1.82, 2.24) is 15.0 Å². The highest BCUT2D eigenvalue weighted by Crippen LogP contribution is 2.33. The lowest BCUT2D eigenvalue weighted by Gasteiger charge is -2.20. The van der Waals surface area contributed by atoms with Gasteiger partial charge in [0.15, 0.2) is 0 Å². The van der Waals surface area contributed by atoms with Crippen molar-refractivity contribution in [3.63, 3.8) is 0 Å². The van der Waals surface area contributed by atoms with Gasteiger partial charge >= 0.3 is 0 Å². The Bertz CT molecular complexity index is 994. The van der Waals surface area contributed by atoms with Crippen LogP contribution in [0.3, 0.4) is 0 Å². The molecule has 0 fully saturated rings. The fraction of sp³-hybridized carbons (Fsp3) is 0.238. The van der Waals surface area contributed by atoms with Crippen LogP contribution in [-0.4, -0.2) is 26.6 Å². The number of aromatic nitrogens is 2. The standard InChI is InChI=1S/C21H20N4O/c1-3-15-4-6-16(7-5-15)19-13-21(25(24-19)14(2)26)17-8-9-18-20(12-17)23-11-10-22-18/h4-12,21H,3,13H2,1-2H3/t21-/m0/s1. The van der Waals surface area contributed by atoms with Gasteiger partial charge in [0.25, 0.3) is 0 Å². The molecular weight excluding hydrogens is 324 g/mol. The van der Waals surface area contributed by atoms with Crippen molar-refractivity contribution < 1.29 is 4.79 Å². The number of rotatable bonds is 3. The zero-order chi connectivity index (χ0) is 18.1. The first-order valence-electron chi connectivity index (χ1n) is 8.83. The molecule has 2 aromatic carbocycles. The Kier molecular flexibility index (Phi) is 4.21. The van der Waals surface area contributed by atoms with Crippen LogP contribution in [-0.2, 0) is 11.2 Å². The maximum atomic E-state index is 12.2. The Morgan fingerprint density at radius 2 is 1.81 bits per heavy atom. The number of hydrogen-bond donors (Lipinski definition) is 0. The summed E-state index contributed by atoms with van der Waals surface area (Å²) in [5, 5.41) is 6.20. The van der Waals surface area contributed by atoms with Crippen LogP contribution in [0.1, 0.15) is 43.0 Å².